The number of halogens is 4. The number of Topliss-reactive ketones (excluding diaryl/α,β-unsaturated/α-hetero) is 1. The van der Waals surface area contributed by atoms with E-state index in [4.69, 9.17) is 16.3 Å². The molecule has 0 saturated heterocycles. The fourth-order valence-electron chi connectivity index (χ4n) is 1.45. The summed E-state index contributed by atoms with van der Waals surface area (Å²) in [5, 5.41) is 0. The molecule has 0 aliphatic carbocycles. The molecule has 1 aromatic carbocycles. The van der Waals surface area contributed by atoms with Crippen LogP contribution in [-0.4, -0.2) is 23.8 Å². The number of carbonyl (C=O) groups is 1. The lowest BCUT2D eigenvalue weighted by Crippen LogP contribution is -2.07. The van der Waals surface area contributed by atoms with Crippen LogP contribution in [0.5, 0.6) is 5.75 Å². The van der Waals surface area contributed by atoms with Gasteiger partial charge in [-0.2, -0.15) is 13.2 Å². The van der Waals surface area contributed by atoms with Gasteiger partial charge in [0.15, 0.2) is 5.78 Å². The minimum Gasteiger partial charge on any atom is -0.494 e. The molecule has 0 aliphatic rings. The van der Waals surface area contributed by atoms with Gasteiger partial charge < -0.3 is 4.74 Å². The smallest absolute Gasteiger partial charge is 0.446 e. The van der Waals surface area contributed by atoms with Crippen LogP contribution in [0.2, 0.25) is 0 Å². The summed E-state index contributed by atoms with van der Waals surface area (Å²) in [6.45, 7) is 2.12. The van der Waals surface area contributed by atoms with Crippen molar-refractivity contribution in [2.45, 2.75) is 23.7 Å². The second-order valence-electron chi connectivity index (χ2n) is 3.60. The quantitative estimate of drug-likeness (QED) is 0.585. The molecule has 1 aromatic rings. The van der Waals surface area contributed by atoms with Gasteiger partial charge in [-0.1, -0.05) is 0 Å². The first-order chi connectivity index (χ1) is 8.85. The average molecular weight is 313 g/mol. The van der Waals surface area contributed by atoms with E-state index in [1.807, 2.05) is 0 Å². The molecule has 0 heterocycles. The van der Waals surface area contributed by atoms with Crippen molar-refractivity contribution in [2.24, 2.45) is 0 Å². The average Bonchev–Trinajstić information content (AvgIpc) is 2.30. The van der Waals surface area contributed by atoms with E-state index in [1.54, 1.807) is 6.92 Å². The predicted molar refractivity (Wildman–Crippen MR) is 69.0 cm³/mol. The summed E-state index contributed by atoms with van der Waals surface area (Å²) >= 11 is 5.18. The molecule has 0 spiro atoms. The van der Waals surface area contributed by atoms with Gasteiger partial charge in [0.25, 0.3) is 0 Å². The number of hydrogen-bond donors (Lipinski definition) is 0. The highest BCUT2D eigenvalue weighted by molar-refractivity contribution is 8.00. The van der Waals surface area contributed by atoms with E-state index in [0.29, 0.717) is 17.9 Å². The second-order valence-corrected chi connectivity index (χ2v) is 5.01. The van der Waals surface area contributed by atoms with E-state index in [-0.39, 0.29) is 34.7 Å². The van der Waals surface area contributed by atoms with Gasteiger partial charge in [0.2, 0.25) is 0 Å². The Labute approximate surface area is 118 Å². The van der Waals surface area contributed by atoms with Crippen molar-refractivity contribution in [1.29, 1.82) is 0 Å². The third-order valence-corrected chi connectivity index (χ3v) is 3.12. The van der Waals surface area contributed by atoms with Crippen molar-refractivity contribution in [1.82, 2.24) is 0 Å². The highest BCUT2D eigenvalue weighted by Gasteiger charge is 2.29. The van der Waals surface area contributed by atoms with Gasteiger partial charge in [-0.3, -0.25) is 4.79 Å². The molecule has 106 valence electrons. The van der Waals surface area contributed by atoms with Gasteiger partial charge in [-0.05, 0) is 36.9 Å². The Balaban J connectivity index is 3.00. The third kappa shape index (κ3) is 5.74. The maximum atomic E-state index is 12.3. The number of thioether (sulfide) groups is 1. The van der Waals surface area contributed by atoms with E-state index in [9.17, 15) is 18.0 Å². The molecule has 0 fully saturated rings. The predicted octanol–water partition coefficient (Wildman–Crippen LogP) is 4.05. The molecule has 0 bridgehead atoms. The normalized spacial score (nSPS) is 11.4. The maximum absolute atomic E-state index is 12.3. The largest absolute Gasteiger partial charge is 0.494 e. The maximum Gasteiger partial charge on any atom is 0.446 e. The van der Waals surface area contributed by atoms with Crippen LogP contribution < -0.4 is 4.74 Å². The molecule has 7 heteroatoms. The van der Waals surface area contributed by atoms with Crippen LogP contribution in [0.3, 0.4) is 0 Å². The number of alkyl halides is 4. The van der Waals surface area contributed by atoms with Crippen LogP contribution in [0.25, 0.3) is 0 Å². The molecule has 0 radical (unpaired) electrons. The van der Waals surface area contributed by atoms with Crippen molar-refractivity contribution >= 4 is 29.1 Å². The molecular weight excluding hydrogens is 301 g/mol. The Morgan fingerprint density at radius 2 is 2.11 bits per heavy atom. The van der Waals surface area contributed by atoms with E-state index in [2.05, 4.69) is 0 Å². The zero-order chi connectivity index (χ0) is 14.5. The Morgan fingerprint density at radius 1 is 1.42 bits per heavy atom. The van der Waals surface area contributed by atoms with Crippen molar-refractivity contribution in [3.63, 3.8) is 0 Å². The lowest BCUT2D eigenvalue weighted by molar-refractivity contribution is -0.116. The van der Waals surface area contributed by atoms with Gasteiger partial charge in [0, 0.05) is 16.9 Å². The Bertz CT molecular complexity index is 449. The third-order valence-electron chi connectivity index (χ3n) is 2.10. The Morgan fingerprint density at radius 3 is 2.63 bits per heavy atom. The minimum atomic E-state index is -4.36. The second kappa shape index (κ2) is 7.05. The molecular formula is C12H12ClF3O2S. The van der Waals surface area contributed by atoms with Crippen molar-refractivity contribution in [2.75, 3.05) is 12.5 Å². The Kier molecular flexibility index (Phi) is 6.00. The molecule has 2 nitrogen and oxygen atoms in total. The van der Waals surface area contributed by atoms with Crippen LogP contribution in [0.4, 0.5) is 13.2 Å². The fraction of sp³-hybridized carbons (Fsp3) is 0.417. The summed E-state index contributed by atoms with van der Waals surface area (Å²) in [7, 11) is 0. The highest BCUT2D eigenvalue weighted by atomic mass is 35.5. The monoisotopic (exact) mass is 312 g/mol. The highest BCUT2D eigenvalue weighted by Crippen LogP contribution is 2.38. The van der Waals surface area contributed by atoms with E-state index < -0.39 is 5.51 Å². The van der Waals surface area contributed by atoms with E-state index in [1.165, 1.54) is 18.2 Å². The van der Waals surface area contributed by atoms with Gasteiger partial charge in [0.05, 0.1) is 12.5 Å². The standard InChI is InChI=1S/C12H12ClF3O2S/c1-2-18-11-4-3-10(19-12(14,15)16)6-8(11)5-9(17)7-13/h3-4,6H,2,5,7H2,1H3. The molecule has 0 aliphatic heterocycles. The lowest BCUT2D eigenvalue weighted by atomic mass is 10.1. The first-order valence-electron chi connectivity index (χ1n) is 5.45. The summed E-state index contributed by atoms with van der Waals surface area (Å²) in [4.78, 5) is 11.3. The summed E-state index contributed by atoms with van der Waals surface area (Å²) in [5.74, 6) is -0.0355. The molecule has 1 rings (SSSR count). The molecule has 0 amide bonds. The van der Waals surface area contributed by atoms with Crippen LogP contribution in [0.1, 0.15) is 12.5 Å². The summed E-state index contributed by atoms with van der Waals surface area (Å²) in [5.41, 5.74) is -3.94. The molecule has 0 aromatic heterocycles. The fourth-order valence-corrected chi connectivity index (χ4v) is 2.15. The number of ketones is 1. The van der Waals surface area contributed by atoms with Gasteiger partial charge >= 0.3 is 5.51 Å². The SMILES string of the molecule is CCOc1ccc(SC(F)(F)F)cc1CC(=O)CCl. The molecule has 0 N–H and O–H groups in total. The summed E-state index contributed by atoms with van der Waals surface area (Å²) in [6, 6.07) is 4.07. The number of rotatable bonds is 6. The Hall–Kier alpha value is -0.880. The number of benzene rings is 1. The van der Waals surface area contributed by atoms with Gasteiger partial charge in [-0.25, -0.2) is 0 Å². The van der Waals surface area contributed by atoms with Crippen molar-refractivity contribution in [3.05, 3.63) is 23.8 Å². The zero-order valence-electron chi connectivity index (χ0n) is 10.1. The summed E-state index contributed by atoms with van der Waals surface area (Å²) in [6.07, 6.45) is -0.0366. The van der Waals surface area contributed by atoms with Gasteiger partial charge in [0.1, 0.15) is 5.75 Å². The molecule has 0 saturated carbocycles. The van der Waals surface area contributed by atoms with Crippen LogP contribution in [0.15, 0.2) is 23.1 Å². The number of hydrogen-bond acceptors (Lipinski definition) is 3. The van der Waals surface area contributed by atoms with Crippen molar-refractivity contribution in [3.8, 4) is 5.75 Å². The zero-order valence-corrected chi connectivity index (χ0v) is 11.7. The molecule has 19 heavy (non-hydrogen) atoms. The van der Waals surface area contributed by atoms with Crippen LogP contribution >= 0.6 is 23.4 Å². The first-order valence-corrected chi connectivity index (χ1v) is 6.80. The van der Waals surface area contributed by atoms with Crippen LogP contribution in [-0.2, 0) is 11.2 Å². The van der Waals surface area contributed by atoms with Crippen LogP contribution in [0, 0.1) is 0 Å². The van der Waals surface area contributed by atoms with E-state index >= 15 is 0 Å². The molecule has 0 unspecified atom stereocenters. The van der Waals surface area contributed by atoms with Gasteiger partial charge in [-0.15, -0.1) is 11.6 Å². The minimum absolute atomic E-state index is 0.0216. The number of ether oxygens (including phenoxy) is 1. The topological polar surface area (TPSA) is 26.3 Å². The summed E-state index contributed by atoms with van der Waals surface area (Å²) < 4.78 is 42.2. The first kappa shape index (κ1) is 16.2. The van der Waals surface area contributed by atoms with Crippen molar-refractivity contribution < 1.29 is 22.7 Å². The van der Waals surface area contributed by atoms with E-state index in [0.717, 1.165) is 0 Å². The lowest BCUT2D eigenvalue weighted by Gasteiger charge is -2.12. The molecule has 0 atom stereocenters. The number of carbonyl (C=O) groups excluding carboxylic acids is 1.